The number of ether oxygens (including phenoxy) is 1. The van der Waals surface area contributed by atoms with E-state index in [9.17, 15) is 4.79 Å². The lowest BCUT2D eigenvalue weighted by Crippen LogP contribution is -2.19. The predicted molar refractivity (Wildman–Crippen MR) is 70.8 cm³/mol. The molecular formula is C13H17N3O2. The second-order valence-corrected chi connectivity index (χ2v) is 4.06. The maximum Gasteiger partial charge on any atom is 0.271 e. The van der Waals surface area contributed by atoms with E-state index in [1.165, 1.54) is 4.68 Å². The van der Waals surface area contributed by atoms with E-state index in [1.807, 2.05) is 31.3 Å². The summed E-state index contributed by atoms with van der Waals surface area (Å²) in [5, 5.41) is 6.08. The van der Waals surface area contributed by atoms with Crippen LogP contribution >= 0.6 is 0 Å². The van der Waals surface area contributed by atoms with Gasteiger partial charge in [0.2, 0.25) is 0 Å². The third-order valence-electron chi connectivity index (χ3n) is 2.87. The topological polar surface area (TPSA) is 59.0 Å². The minimum Gasteiger partial charge on any atom is -0.496 e. The molecule has 0 aliphatic carbocycles. The highest BCUT2D eigenvalue weighted by molar-refractivity contribution is 5.69. The number of rotatable bonds is 4. The average Bonchev–Trinajstić information content (AvgIpc) is 2.67. The van der Waals surface area contributed by atoms with Crippen LogP contribution in [0.1, 0.15) is 5.56 Å². The second-order valence-electron chi connectivity index (χ2n) is 4.06. The van der Waals surface area contributed by atoms with Crippen LogP contribution in [0.5, 0.6) is 5.75 Å². The SMILES string of the molecule is CNCc1c(-c2ccccc2OC)[nH]n(C)c1=O. The Balaban J connectivity index is 2.63. The number of H-pyrrole nitrogens is 1. The third kappa shape index (κ3) is 2.04. The van der Waals surface area contributed by atoms with Crippen LogP contribution in [0, 0.1) is 0 Å². The molecule has 2 N–H and O–H groups in total. The van der Waals surface area contributed by atoms with Crippen molar-refractivity contribution in [3.05, 3.63) is 40.2 Å². The zero-order chi connectivity index (χ0) is 13.1. The molecule has 0 saturated carbocycles. The molecule has 0 atom stereocenters. The molecule has 18 heavy (non-hydrogen) atoms. The third-order valence-corrected chi connectivity index (χ3v) is 2.87. The molecule has 5 heteroatoms. The van der Waals surface area contributed by atoms with E-state index in [2.05, 4.69) is 10.4 Å². The van der Waals surface area contributed by atoms with Gasteiger partial charge >= 0.3 is 0 Å². The molecule has 0 aliphatic rings. The van der Waals surface area contributed by atoms with Gasteiger partial charge in [0.15, 0.2) is 0 Å². The smallest absolute Gasteiger partial charge is 0.271 e. The molecule has 1 heterocycles. The van der Waals surface area contributed by atoms with Crippen molar-refractivity contribution in [2.75, 3.05) is 14.2 Å². The summed E-state index contributed by atoms with van der Waals surface area (Å²) in [6, 6.07) is 7.64. The van der Waals surface area contributed by atoms with Gasteiger partial charge in [-0.2, -0.15) is 0 Å². The molecule has 96 valence electrons. The Kier molecular flexibility index (Phi) is 3.53. The van der Waals surface area contributed by atoms with Crippen molar-refractivity contribution in [3.63, 3.8) is 0 Å². The molecule has 0 aliphatic heterocycles. The highest BCUT2D eigenvalue weighted by Gasteiger charge is 2.16. The van der Waals surface area contributed by atoms with E-state index in [4.69, 9.17) is 4.74 Å². The van der Waals surface area contributed by atoms with E-state index < -0.39 is 0 Å². The van der Waals surface area contributed by atoms with E-state index >= 15 is 0 Å². The van der Waals surface area contributed by atoms with Gasteiger partial charge in [-0.1, -0.05) is 12.1 Å². The Bertz CT molecular complexity index is 599. The number of benzene rings is 1. The number of aromatic amines is 1. The molecular weight excluding hydrogens is 230 g/mol. The maximum atomic E-state index is 12.0. The molecule has 1 aromatic carbocycles. The van der Waals surface area contributed by atoms with Crippen molar-refractivity contribution in [2.45, 2.75) is 6.54 Å². The highest BCUT2D eigenvalue weighted by atomic mass is 16.5. The molecule has 0 unspecified atom stereocenters. The number of nitrogens with one attached hydrogen (secondary N) is 2. The van der Waals surface area contributed by atoms with Gasteiger partial charge in [-0.3, -0.25) is 14.6 Å². The fourth-order valence-electron chi connectivity index (χ4n) is 2.01. The fraction of sp³-hybridized carbons (Fsp3) is 0.308. The van der Waals surface area contributed by atoms with Gasteiger partial charge in [0.1, 0.15) is 5.75 Å². The molecule has 0 fully saturated rings. The van der Waals surface area contributed by atoms with Crippen molar-refractivity contribution in [1.29, 1.82) is 0 Å². The predicted octanol–water partition coefficient (Wildman–Crippen LogP) is 1.11. The van der Waals surface area contributed by atoms with Crippen molar-refractivity contribution < 1.29 is 4.74 Å². The van der Waals surface area contributed by atoms with E-state index in [1.54, 1.807) is 14.2 Å². The van der Waals surface area contributed by atoms with Crippen LogP contribution in [0.3, 0.4) is 0 Å². The summed E-state index contributed by atoms with van der Waals surface area (Å²) in [6.45, 7) is 0.517. The van der Waals surface area contributed by atoms with E-state index in [-0.39, 0.29) is 5.56 Å². The van der Waals surface area contributed by atoms with Crippen LogP contribution < -0.4 is 15.6 Å². The molecule has 2 aromatic rings. The lowest BCUT2D eigenvalue weighted by atomic mass is 10.1. The standard InChI is InChI=1S/C13H17N3O2/c1-14-8-10-12(15-16(2)13(10)17)9-6-4-5-7-11(9)18-3/h4-7,14-15H,8H2,1-3H3. The maximum absolute atomic E-state index is 12.0. The van der Waals surface area contributed by atoms with Gasteiger partial charge in [0.05, 0.1) is 18.4 Å². The van der Waals surface area contributed by atoms with Gasteiger partial charge in [0.25, 0.3) is 5.56 Å². The van der Waals surface area contributed by atoms with Crippen molar-refractivity contribution in [2.24, 2.45) is 7.05 Å². The Morgan fingerprint density at radius 2 is 2.11 bits per heavy atom. The quantitative estimate of drug-likeness (QED) is 0.851. The Labute approximate surface area is 105 Å². The second kappa shape index (κ2) is 5.10. The number of methoxy groups -OCH3 is 1. The van der Waals surface area contributed by atoms with Crippen LogP contribution in [0.2, 0.25) is 0 Å². The number of para-hydroxylation sites is 1. The zero-order valence-corrected chi connectivity index (χ0v) is 10.8. The fourth-order valence-corrected chi connectivity index (χ4v) is 2.01. The zero-order valence-electron chi connectivity index (χ0n) is 10.8. The van der Waals surface area contributed by atoms with Crippen LogP contribution in [0.25, 0.3) is 11.3 Å². The summed E-state index contributed by atoms with van der Waals surface area (Å²) in [5.41, 5.74) is 2.38. The Morgan fingerprint density at radius 1 is 1.39 bits per heavy atom. The number of aromatic nitrogens is 2. The molecule has 0 bridgehead atoms. The summed E-state index contributed by atoms with van der Waals surface area (Å²) >= 11 is 0. The largest absolute Gasteiger partial charge is 0.496 e. The number of hydrogen-bond donors (Lipinski definition) is 2. The lowest BCUT2D eigenvalue weighted by Gasteiger charge is -2.08. The van der Waals surface area contributed by atoms with Gasteiger partial charge in [0, 0.05) is 19.2 Å². The summed E-state index contributed by atoms with van der Waals surface area (Å²) in [4.78, 5) is 12.0. The first-order valence-electron chi connectivity index (χ1n) is 5.75. The summed E-state index contributed by atoms with van der Waals surface area (Å²) in [7, 11) is 5.15. The molecule has 0 saturated heterocycles. The molecule has 5 nitrogen and oxygen atoms in total. The summed E-state index contributed by atoms with van der Waals surface area (Å²) < 4.78 is 6.81. The average molecular weight is 247 g/mol. The van der Waals surface area contributed by atoms with Crippen LogP contribution in [-0.4, -0.2) is 23.9 Å². The first kappa shape index (κ1) is 12.4. The summed E-state index contributed by atoms with van der Waals surface area (Å²) in [6.07, 6.45) is 0. The van der Waals surface area contributed by atoms with Crippen molar-refractivity contribution in [3.8, 4) is 17.0 Å². The van der Waals surface area contributed by atoms with Crippen molar-refractivity contribution in [1.82, 2.24) is 15.1 Å². The first-order valence-corrected chi connectivity index (χ1v) is 5.75. The Hall–Kier alpha value is -2.01. The van der Waals surface area contributed by atoms with Crippen LogP contribution in [0.15, 0.2) is 29.1 Å². The number of aryl methyl sites for hydroxylation is 1. The highest BCUT2D eigenvalue weighted by Crippen LogP contribution is 2.29. The van der Waals surface area contributed by atoms with Gasteiger partial charge in [-0.15, -0.1) is 0 Å². The minimum absolute atomic E-state index is 0.0229. The molecule has 1 aromatic heterocycles. The Morgan fingerprint density at radius 3 is 2.78 bits per heavy atom. The molecule has 2 rings (SSSR count). The van der Waals surface area contributed by atoms with Gasteiger partial charge in [-0.05, 0) is 19.2 Å². The monoisotopic (exact) mass is 247 g/mol. The molecule has 0 radical (unpaired) electrons. The number of hydrogen-bond acceptors (Lipinski definition) is 3. The molecule has 0 amide bonds. The van der Waals surface area contributed by atoms with E-state index in [0.29, 0.717) is 12.1 Å². The van der Waals surface area contributed by atoms with Crippen molar-refractivity contribution >= 4 is 0 Å². The normalized spacial score (nSPS) is 10.6. The van der Waals surface area contributed by atoms with Crippen LogP contribution in [-0.2, 0) is 13.6 Å². The number of nitrogens with zero attached hydrogens (tertiary/aromatic N) is 1. The summed E-state index contributed by atoms with van der Waals surface area (Å²) in [5.74, 6) is 0.747. The first-order chi connectivity index (χ1) is 8.69. The van der Waals surface area contributed by atoms with Gasteiger partial charge in [-0.25, -0.2) is 0 Å². The minimum atomic E-state index is -0.0229. The van der Waals surface area contributed by atoms with Gasteiger partial charge < -0.3 is 10.1 Å². The van der Waals surface area contributed by atoms with E-state index in [0.717, 1.165) is 17.0 Å². The van der Waals surface area contributed by atoms with Crippen LogP contribution in [0.4, 0.5) is 0 Å². The lowest BCUT2D eigenvalue weighted by molar-refractivity contribution is 0.416. The molecule has 0 spiro atoms.